The molecular weight excluding hydrogens is 603 g/mol. The monoisotopic (exact) mass is 628 g/mol. The highest BCUT2D eigenvalue weighted by atomic mass is 16.3. The van der Waals surface area contributed by atoms with Gasteiger partial charge in [-0.05, 0) is 58.4 Å². The fraction of sp³-hybridized carbons (Fsp3) is 0. The molecule has 2 aliphatic rings. The van der Waals surface area contributed by atoms with Gasteiger partial charge in [-0.3, -0.25) is 9.80 Å². The standard InChI is InChI=1S/C43H25BN2O3/c47-43-45(34-20-11-23-37-39(34)29-16-5-8-21-35(29)48-37)33-19-10-14-27-24-25-32-41(38(27)33)46(43)40-30-17-6-9-22-36(30)49-42(40)44(32)31-18-7-4-15-28(31)26-12-2-1-3-13-26/h1-25H. The molecule has 6 heteroatoms. The van der Waals surface area contributed by atoms with Crippen molar-refractivity contribution in [3.63, 3.8) is 0 Å². The second-order valence-corrected chi connectivity index (χ2v) is 12.8. The van der Waals surface area contributed by atoms with Crippen molar-refractivity contribution < 1.29 is 13.6 Å². The normalized spacial score (nSPS) is 13.6. The molecule has 0 N–H and O–H groups in total. The van der Waals surface area contributed by atoms with Gasteiger partial charge < -0.3 is 8.83 Å². The summed E-state index contributed by atoms with van der Waals surface area (Å²) in [7, 11) is 0. The molecule has 4 heterocycles. The third kappa shape index (κ3) is 3.52. The van der Waals surface area contributed by atoms with Crippen molar-refractivity contribution in [2.45, 2.75) is 0 Å². The van der Waals surface area contributed by atoms with Crippen LogP contribution in [0.3, 0.4) is 0 Å². The van der Waals surface area contributed by atoms with Crippen molar-refractivity contribution in [3.8, 4) is 11.1 Å². The maximum atomic E-state index is 15.5. The van der Waals surface area contributed by atoms with Gasteiger partial charge in [0.25, 0.3) is 6.71 Å². The summed E-state index contributed by atoms with van der Waals surface area (Å²) in [6.07, 6.45) is 0. The molecule has 0 bridgehead atoms. The minimum atomic E-state index is -0.247. The summed E-state index contributed by atoms with van der Waals surface area (Å²) in [5.41, 5.74) is 10.8. The number of carbonyl (C=O) groups excluding carboxylic acids is 1. The number of urea groups is 1. The van der Waals surface area contributed by atoms with Crippen molar-refractivity contribution in [1.29, 1.82) is 0 Å². The Kier molecular flexibility index (Phi) is 5.28. The van der Waals surface area contributed by atoms with Crippen LogP contribution < -0.4 is 26.4 Å². The van der Waals surface area contributed by atoms with Gasteiger partial charge in [0, 0.05) is 16.2 Å². The highest BCUT2D eigenvalue weighted by Gasteiger charge is 2.47. The number of carbonyl (C=O) groups is 1. The molecule has 228 valence electrons. The maximum Gasteiger partial charge on any atom is 0.338 e. The van der Waals surface area contributed by atoms with E-state index >= 15 is 4.79 Å². The van der Waals surface area contributed by atoms with Crippen LogP contribution in [0.25, 0.3) is 54.8 Å². The summed E-state index contributed by atoms with van der Waals surface area (Å²) in [4.78, 5) is 19.2. The molecule has 9 aromatic rings. The molecule has 2 aliphatic heterocycles. The molecule has 0 saturated heterocycles. The maximum absolute atomic E-state index is 15.5. The Labute approximate surface area is 281 Å². The lowest BCUT2D eigenvalue weighted by Crippen LogP contribution is -2.60. The van der Waals surface area contributed by atoms with E-state index in [2.05, 4.69) is 84.9 Å². The second-order valence-electron chi connectivity index (χ2n) is 12.8. The minimum Gasteiger partial charge on any atom is -0.468 e. The van der Waals surface area contributed by atoms with Crippen LogP contribution in [0, 0.1) is 0 Å². The highest BCUT2D eigenvalue weighted by Crippen LogP contribution is 2.50. The Hall–Kier alpha value is -6.53. The first-order valence-corrected chi connectivity index (χ1v) is 16.5. The quantitative estimate of drug-likeness (QED) is 0.183. The molecular formula is C43H25BN2O3. The Balaban J connectivity index is 1.26. The first-order chi connectivity index (χ1) is 24.3. The van der Waals surface area contributed by atoms with Crippen molar-refractivity contribution in [3.05, 3.63) is 152 Å². The topological polar surface area (TPSA) is 49.8 Å². The molecule has 0 radical (unpaired) electrons. The van der Waals surface area contributed by atoms with E-state index in [1.807, 2.05) is 76.5 Å². The number of furan rings is 2. The van der Waals surface area contributed by atoms with E-state index in [9.17, 15) is 0 Å². The fourth-order valence-corrected chi connectivity index (χ4v) is 8.26. The second kappa shape index (κ2) is 9.75. The average molecular weight is 628 g/mol. The number of hydrogen-bond acceptors (Lipinski definition) is 3. The number of nitrogens with zero attached hydrogens (tertiary/aromatic N) is 2. The lowest BCUT2D eigenvalue weighted by atomic mass is 9.36. The predicted octanol–water partition coefficient (Wildman–Crippen LogP) is 9.39. The van der Waals surface area contributed by atoms with Crippen molar-refractivity contribution in [2.24, 2.45) is 0 Å². The summed E-state index contributed by atoms with van der Waals surface area (Å²) in [5.74, 6) is 0. The van der Waals surface area contributed by atoms with Gasteiger partial charge >= 0.3 is 6.03 Å². The van der Waals surface area contributed by atoms with Crippen LogP contribution in [0.4, 0.5) is 27.5 Å². The molecule has 5 nitrogen and oxygen atoms in total. The summed E-state index contributed by atoms with van der Waals surface area (Å²) >= 11 is 0. The third-order valence-corrected chi connectivity index (χ3v) is 10.2. The molecule has 11 rings (SSSR count). The molecule has 0 saturated carbocycles. The molecule has 0 spiro atoms. The van der Waals surface area contributed by atoms with E-state index in [0.29, 0.717) is 0 Å². The van der Waals surface area contributed by atoms with E-state index in [-0.39, 0.29) is 12.7 Å². The van der Waals surface area contributed by atoms with Crippen molar-refractivity contribution in [1.82, 2.24) is 0 Å². The minimum absolute atomic E-state index is 0.159. The van der Waals surface area contributed by atoms with Gasteiger partial charge in [0.1, 0.15) is 16.7 Å². The highest BCUT2D eigenvalue weighted by molar-refractivity contribution is 6.98. The lowest BCUT2D eigenvalue weighted by molar-refractivity contribution is 0.255. The zero-order chi connectivity index (χ0) is 32.2. The lowest BCUT2D eigenvalue weighted by Gasteiger charge is -2.41. The first kappa shape index (κ1) is 26.5. The van der Waals surface area contributed by atoms with Crippen LogP contribution >= 0.6 is 0 Å². The van der Waals surface area contributed by atoms with Gasteiger partial charge in [-0.15, -0.1) is 0 Å². The molecule has 49 heavy (non-hydrogen) atoms. The van der Waals surface area contributed by atoms with Crippen LogP contribution in [0.15, 0.2) is 160 Å². The zero-order valence-corrected chi connectivity index (χ0v) is 26.1. The van der Waals surface area contributed by atoms with Crippen LogP contribution in [0.1, 0.15) is 0 Å². The number of anilines is 4. The molecule has 0 aliphatic carbocycles. The smallest absolute Gasteiger partial charge is 0.338 e. The van der Waals surface area contributed by atoms with Crippen LogP contribution in [-0.4, -0.2) is 12.7 Å². The third-order valence-electron chi connectivity index (χ3n) is 10.2. The molecule has 2 amide bonds. The van der Waals surface area contributed by atoms with Crippen molar-refractivity contribution >= 4 is 95.8 Å². The Morgan fingerprint density at radius 1 is 0.469 bits per heavy atom. The van der Waals surface area contributed by atoms with Gasteiger partial charge in [0.2, 0.25) is 0 Å². The molecule has 7 aromatic carbocycles. The number of hydrogen-bond donors (Lipinski definition) is 0. The summed E-state index contributed by atoms with van der Waals surface area (Å²) in [6, 6.07) is 51.5. The molecule has 0 unspecified atom stereocenters. The van der Waals surface area contributed by atoms with Crippen LogP contribution in [-0.2, 0) is 0 Å². The Bertz CT molecular complexity index is 2840. The molecule has 2 aromatic heterocycles. The fourth-order valence-electron chi connectivity index (χ4n) is 8.26. The van der Waals surface area contributed by atoms with Gasteiger partial charge in [0.15, 0.2) is 0 Å². The van der Waals surface area contributed by atoms with Crippen LogP contribution in [0.2, 0.25) is 0 Å². The summed E-state index contributed by atoms with van der Waals surface area (Å²) < 4.78 is 13.1. The Morgan fingerprint density at radius 2 is 1.14 bits per heavy atom. The van der Waals surface area contributed by atoms with E-state index in [0.717, 1.165) is 94.1 Å². The van der Waals surface area contributed by atoms with Gasteiger partial charge in [-0.2, -0.15) is 0 Å². The zero-order valence-electron chi connectivity index (χ0n) is 26.1. The van der Waals surface area contributed by atoms with Gasteiger partial charge in [0.05, 0.1) is 33.8 Å². The average Bonchev–Trinajstić information content (AvgIpc) is 3.73. The van der Waals surface area contributed by atoms with E-state index < -0.39 is 0 Å². The number of rotatable bonds is 3. The summed E-state index contributed by atoms with van der Waals surface area (Å²) in [5, 5.41) is 4.88. The van der Waals surface area contributed by atoms with Gasteiger partial charge in [-0.1, -0.05) is 121 Å². The largest absolute Gasteiger partial charge is 0.468 e. The molecule has 0 fully saturated rings. The molecule has 0 atom stereocenters. The SMILES string of the molecule is O=C1N2c3c(oc4ccccc34)B(c3ccccc3-c3ccccc3)c3ccc4cccc(c4c32)N1c1cccc2oc3ccccc3c12. The Morgan fingerprint density at radius 3 is 2.00 bits per heavy atom. The number of amides is 2. The number of para-hydroxylation sites is 2. The van der Waals surface area contributed by atoms with Gasteiger partial charge in [-0.25, -0.2) is 4.79 Å². The van der Waals surface area contributed by atoms with Crippen molar-refractivity contribution in [2.75, 3.05) is 9.80 Å². The predicted molar refractivity (Wildman–Crippen MR) is 200 cm³/mol. The van der Waals surface area contributed by atoms with E-state index in [4.69, 9.17) is 8.83 Å². The number of fused-ring (bicyclic) bond motifs is 7. The number of benzene rings is 7. The van der Waals surface area contributed by atoms with Crippen LogP contribution in [0.5, 0.6) is 0 Å². The summed E-state index contributed by atoms with van der Waals surface area (Å²) in [6.45, 7) is -0.247. The first-order valence-electron chi connectivity index (χ1n) is 16.5. The van der Waals surface area contributed by atoms with E-state index in [1.54, 1.807) is 0 Å². The van der Waals surface area contributed by atoms with E-state index in [1.165, 1.54) is 0 Å².